The van der Waals surface area contributed by atoms with Crippen molar-refractivity contribution in [1.29, 1.82) is 0 Å². The first kappa shape index (κ1) is 35.8. The molecule has 0 aliphatic rings. The summed E-state index contributed by atoms with van der Waals surface area (Å²) in [6.07, 6.45) is 5.64. The summed E-state index contributed by atoms with van der Waals surface area (Å²) in [5, 5.41) is 0. The predicted octanol–water partition coefficient (Wildman–Crippen LogP) is 3.46. The van der Waals surface area contributed by atoms with E-state index in [0.717, 1.165) is 17.4 Å². The van der Waals surface area contributed by atoms with Crippen LogP contribution in [0.2, 0.25) is 0 Å². The second-order valence-corrected chi connectivity index (χ2v) is 4.47. The van der Waals surface area contributed by atoms with Crippen LogP contribution in [0.15, 0.2) is 55.6 Å². The Morgan fingerprint density at radius 1 is 0.852 bits per heavy atom. The average molecular weight is 406 g/mol. The fourth-order valence-corrected chi connectivity index (χ4v) is 1.93. The molecule has 0 spiro atoms. The van der Waals surface area contributed by atoms with Crippen LogP contribution in [0, 0.1) is 39.2 Å². The van der Waals surface area contributed by atoms with Gasteiger partial charge in [0.2, 0.25) is 0 Å². The SMILES string of the molecule is C=CCC(CC=C)[C](=[Cr])OCc1ccccc1.[C-]#[O+].[C-]#[O+].[C-]#[O+].[C-]#[O+].[C-]#[O+]. The van der Waals surface area contributed by atoms with Gasteiger partial charge in [0.05, 0.1) is 0 Å². The van der Waals surface area contributed by atoms with Crippen LogP contribution in [0.1, 0.15) is 18.4 Å². The average Bonchev–Trinajstić information content (AvgIpc) is 2.79. The van der Waals surface area contributed by atoms with Crippen molar-refractivity contribution in [2.45, 2.75) is 19.4 Å². The van der Waals surface area contributed by atoms with Gasteiger partial charge in [-0.1, -0.05) is 0 Å². The summed E-state index contributed by atoms with van der Waals surface area (Å²) in [6, 6.07) is 10.2. The Balaban J connectivity index is -0.000000139. The van der Waals surface area contributed by atoms with E-state index in [0.29, 0.717) is 12.5 Å². The van der Waals surface area contributed by atoms with Gasteiger partial charge in [0.1, 0.15) is 0 Å². The summed E-state index contributed by atoms with van der Waals surface area (Å²) < 4.78 is 44.2. The molecule has 0 N–H and O–H groups in total. The van der Waals surface area contributed by atoms with Crippen LogP contribution in [0.3, 0.4) is 0 Å². The van der Waals surface area contributed by atoms with E-state index in [9.17, 15) is 0 Å². The molecule has 140 valence electrons. The fraction of sp³-hybridized carbons (Fsp3) is 0.200. The molecule has 0 fully saturated rings. The van der Waals surface area contributed by atoms with Crippen molar-refractivity contribution in [1.82, 2.24) is 0 Å². The molecule has 0 unspecified atom stereocenters. The Morgan fingerprint density at radius 3 is 1.56 bits per heavy atom. The number of hydrogen-bond acceptors (Lipinski definition) is 1. The second-order valence-electron chi connectivity index (χ2n) is 3.84. The summed E-state index contributed by atoms with van der Waals surface area (Å²) in [4.78, 5) is 0. The normalized spacial score (nSPS) is 6.78. The molecule has 0 saturated heterocycles. The van der Waals surface area contributed by atoms with Crippen LogP contribution in [0.25, 0.3) is 0 Å². The molecule has 0 amide bonds. The Hall–Kier alpha value is -2.24. The third-order valence-electron chi connectivity index (χ3n) is 2.46. The van der Waals surface area contributed by atoms with Crippen molar-refractivity contribution in [3.8, 4) is 0 Å². The summed E-state index contributed by atoms with van der Waals surface area (Å²) in [5.41, 5.74) is 1.18. The molecular formula is C20H18CrO6. The van der Waals surface area contributed by atoms with E-state index in [-0.39, 0.29) is 0 Å². The molecule has 0 aliphatic carbocycles. The van der Waals surface area contributed by atoms with E-state index in [2.05, 4.69) is 74.4 Å². The molecule has 1 rings (SSSR count). The summed E-state index contributed by atoms with van der Waals surface area (Å²) >= 11 is 3.02. The molecule has 7 heteroatoms. The van der Waals surface area contributed by atoms with Crippen LogP contribution in [0.5, 0.6) is 0 Å². The molecule has 1 aromatic carbocycles. The van der Waals surface area contributed by atoms with Gasteiger partial charge in [0, 0.05) is 0 Å². The third-order valence-corrected chi connectivity index (χ3v) is 3.16. The first-order chi connectivity index (χ1) is 13.3. The van der Waals surface area contributed by atoms with Crippen molar-refractivity contribution in [3.05, 3.63) is 94.5 Å². The van der Waals surface area contributed by atoms with Crippen LogP contribution in [0.4, 0.5) is 0 Å². The second kappa shape index (κ2) is 39.0. The molecule has 27 heavy (non-hydrogen) atoms. The van der Waals surface area contributed by atoms with Gasteiger partial charge in [-0.3, -0.25) is 0 Å². The first-order valence-electron chi connectivity index (χ1n) is 6.72. The van der Waals surface area contributed by atoms with Crippen molar-refractivity contribution >= 4 is 4.57 Å². The monoisotopic (exact) mass is 406 g/mol. The van der Waals surface area contributed by atoms with Crippen molar-refractivity contribution < 1.29 is 43.8 Å². The first-order valence-corrected chi connectivity index (χ1v) is 7.36. The number of rotatable bonds is 8. The molecule has 0 radical (unpaired) electrons. The van der Waals surface area contributed by atoms with Crippen LogP contribution in [-0.4, -0.2) is 4.57 Å². The van der Waals surface area contributed by atoms with Gasteiger partial charge in [-0.15, -0.1) is 0 Å². The molecule has 0 aromatic heterocycles. The van der Waals surface area contributed by atoms with E-state index in [1.807, 2.05) is 30.4 Å². The number of hydrogen-bond donors (Lipinski definition) is 0. The molecule has 6 nitrogen and oxygen atoms in total. The Kier molecular flexibility index (Phi) is 51.7. The van der Waals surface area contributed by atoms with E-state index in [4.69, 9.17) is 28.0 Å². The van der Waals surface area contributed by atoms with Gasteiger partial charge in [0.15, 0.2) is 0 Å². The van der Waals surface area contributed by atoms with Crippen molar-refractivity contribution in [2.24, 2.45) is 5.92 Å². The molecule has 0 heterocycles. The fourth-order valence-electron chi connectivity index (χ4n) is 1.54. The number of ether oxygens (including phenoxy) is 1. The molecular weight excluding hydrogens is 388 g/mol. The summed E-state index contributed by atoms with van der Waals surface area (Å²) in [6.45, 7) is 30.6. The molecule has 0 saturated carbocycles. The van der Waals surface area contributed by atoms with E-state index in [1.165, 1.54) is 5.56 Å². The maximum absolute atomic E-state index is 7.50. The molecule has 0 atom stereocenters. The Labute approximate surface area is 168 Å². The molecule has 0 aliphatic heterocycles. The van der Waals surface area contributed by atoms with Gasteiger partial charge in [0.25, 0.3) is 0 Å². The standard InChI is InChI=1S/C15H18O.5CO.Cr/c1-3-8-14(9-4-2)12-16-13-15-10-6-5-7-11-15;5*1-2;/h3-7,10-11,14H,1-2,8-9,13H2;;;;;;. The predicted molar refractivity (Wildman–Crippen MR) is 89.0 cm³/mol. The van der Waals surface area contributed by atoms with Gasteiger partial charge in [-0.2, -0.15) is 0 Å². The van der Waals surface area contributed by atoms with Crippen molar-refractivity contribution in [2.75, 3.05) is 0 Å². The number of allylic oxidation sites excluding steroid dienone is 2. The Morgan fingerprint density at radius 2 is 1.22 bits per heavy atom. The summed E-state index contributed by atoms with van der Waals surface area (Å²) in [7, 11) is 0. The van der Waals surface area contributed by atoms with E-state index < -0.39 is 0 Å². The molecule has 1 aromatic rings. The van der Waals surface area contributed by atoms with E-state index in [1.54, 1.807) is 0 Å². The van der Waals surface area contributed by atoms with E-state index >= 15 is 0 Å². The minimum atomic E-state index is 0.341. The van der Waals surface area contributed by atoms with Crippen molar-refractivity contribution in [3.63, 3.8) is 0 Å². The number of benzene rings is 1. The van der Waals surface area contributed by atoms with Crippen LogP contribution < -0.4 is 0 Å². The zero-order valence-corrected chi connectivity index (χ0v) is 15.8. The zero-order valence-electron chi connectivity index (χ0n) is 14.5. The van der Waals surface area contributed by atoms with Crippen LogP contribution in [-0.2, 0) is 50.5 Å². The summed E-state index contributed by atoms with van der Waals surface area (Å²) in [5.74, 6) is 0.341. The van der Waals surface area contributed by atoms with Gasteiger partial charge in [-0.25, -0.2) is 0 Å². The maximum atomic E-state index is 7.50. The molecule has 0 bridgehead atoms. The topological polar surface area (TPSA) is 109 Å². The minimum absolute atomic E-state index is 0.341. The van der Waals surface area contributed by atoms with Gasteiger partial charge in [-0.05, 0) is 0 Å². The quantitative estimate of drug-likeness (QED) is 0.368. The zero-order chi connectivity index (χ0) is 22.5. The third kappa shape index (κ3) is 26.1. The van der Waals surface area contributed by atoms with Gasteiger partial charge < -0.3 is 0 Å². The van der Waals surface area contributed by atoms with Gasteiger partial charge >= 0.3 is 168 Å². The Bertz CT molecular complexity index is 525. The van der Waals surface area contributed by atoms with Crippen LogP contribution >= 0.6 is 0 Å².